The van der Waals surface area contributed by atoms with Gasteiger partial charge >= 0.3 is 5.97 Å². The molecule has 0 amide bonds. The van der Waals surface area contributed by atoms with Crippen molar-refractivity contribution in [2.75, 3.05) is 6.61 Å². The first kappa shape index (κ1) is 14.5. The third-order valence-corrected chi connectivity index (χ3v) is 4.17. The average Bonchev–Trinajstić information content (AvgIpc) is 2.61. The van der Waals surface area contributed by atoms with E-state index in [-0.39, 0.29) is 12.0 Å². The van der Waals surface area contributed by atoms with Crippen LogP contribution in [0.3, 0.4) is 0 Å². The molecule has 2 aromatic heterocycles. The van der Waals surface area contributed by atoms with Crippen molar-refractivity contribution in [2.24, 2.45) is 0 Å². The van der Waals surface area contributed by atoms with Gasteiger partial charge in [0.05, 0.1) is 28.7 Å². The number of hydrogen-bond donors (Lipinski definition) is 0. The second kappa shape index (κ2) is 5.49. The second-order valence-electron chi connectivity index (χ2n) is 5.58. The summed E-state index contributed by atoms with van der Waals surface area (Å²) in [7, 11) is 0. The van der Waals surface area contributed by atoms with Crippen LogP contribution in [0.1, 0.15) is 17.3 Å². The first-order chi connectivity index (χ1) is 11.7. The Morgan fingerprint density at radius 3 is 2.46 bits per heavy atom. The third kappa shape index (κ3) is 2.07. The van der Waals surface area contributed by atoms with Gasteiger partial charge in [0, 0.05) is 11.5 Å². The molecule has 0 unspecified atom stereocenters. The van der Waals surface area contributed by atoms with Crippen LogP contribution in [0.2, 0.25) is 0 Å². The Balaban J connectivity index is 2.29. The van der Waals surface area contributed by atoms with Crippen molar-refractivity contribution in [1.82, 2.24) is 4.40 Å². The summed E-state index contributed by atoms with van der Waals surface area (Å²) in [6, 6.07) is 18.5. The van der Waals surface area contributed by atoms with E-state index in [1.54, 1.807) is 19.1 Å². The molecule has 2 heterocycles. The molecule has 4 heteroatoms. The molecule has 0 spiro atoms. The lowest BCUT2D eigenvalue weighted by molar-refractivity contribution is 0.0528. The van der Waals surface area contributed by atoms with Crippen LogP contribution in [0.4, 0.5) is 0 Å². The van der Waals surface area contributed by atoms with Gasteiger partial charge in [-0.2, -0.15) is 0 Å². The molecule has 0 atom stereocenters. The van der Waals surface area contributed by atoms with Crippen LogP contribution >= 0.6 is 0 Å². The highest BCUT2D eigenvalue weighted by Crippen LogP contribution is 2.25. The van der Waals surface area contributed by atoms with Gasteiger partial charge < -0.3 is 9.14 Å². The maximum absolute atomic E-state index is 12.5. The molecular formula is C20H15NO3. The van der Waals surface area contributed by atoms with Crippen LogP contribution in [0.15, 0.2) is 65.5 Å². The quantitative estimate of drug-likeness (QED) is 0.417. The van der Waals surface area contributed by atoms with Crippen molar-refractivity contribution in [3.63, 3.8) is 0 Å². The maximum Gasteiger partial charge on any atom is 0.340 e. The molecule has 0 fully saturated rings. The van der Waals surface area contributed by atoms with Gasteiger partial charge in [0.2, 0.25) is 0 Å². The van der Waals surface area contributed by atoms with E-state index < -0.39 is 5.97 Å². The fourth-order valence-electron chi connectivity index (χ4n) is 3.15. The molecule has 0 aliphatic carbocycles. The molecule has 0 aliphatic heterocycles. The van der Waals surface area contributed by atoms with Gasteiger partial charge in [0.15, 0.2) is 5.43 Å². The molecule has 0 saturated heterocycles. The lowest BCUT2D eigenvalue weighted by Gasteiger charge is -2.14. The van der Waals surface area contributed by atoms with Crippen molar-refractivity contribution in [1.29, 1.82) is 0 Å². The number of carbonyl (C=O) groups is 1. The monoisotopic (exact) mass is 317 g/mol. The maximum atomic E-state index is 12.5. The Bertz CT molecular complexity index is 1160. The molecule has 0 aliphatic rings. The number of aromatic nitrogens is 1. The molecule has 0 saturated carbocycles. The van der Waals surface area contributed by atoms with Crippen molar-refractivity contribution >= 4 is 33.3 Å². The predicted octanol–water partition coefficient (Wildman–Crippen LogP) is 3.78. The number of para-hydroxylation sites is 2. The van der Waals surface area contributed by atoms with Crippen molar-refractivity contribution < 1.29 is 9.53 Å². The summed E-state index contributed by atoms with van der Waals surface area (Å²) < 4.78 is 7.14. The lowest BCUT2D eigenvalue weighted by atomic mass is 10.1. The number of carbonyl (C=O) groups excluding carboxylic acids is 1. The van der Waals surface area contributed by atoms with E-state index in [4.69, 9.17) is 4.74 Å². The highest BCUT2D eigenvalue weighted by molar-refractivity contribution is 6.04. The van der Waals surface area contributed by atoms with Crippen molar-refractivity contribution in [2.45, 2.75) is 6.92 Å². The normalized spacial score (nSPS) is 11.2. The Morgan fingerprint density at radius 2 is 1.67 bits per heavy atom. The molecule has 4 aromatic rings. The molecule has 4 nitrogen and oxygen atoms in total. The summed E-state index contributed by atoms with van der Waals surface area (Å²) in [6.45, 7) is 2.05. The molecular weight excluding hydrogens is 302 g/mol. The highest BCUT2D eigenvalue weighted by Gasteiger charge is 2.16. The average molecular weight is 317 g/mol. The minimum Gasteiger partial charge on any atom is -0.462 e. The van der Waals surface area contributed by atoms with Crippen LogP contribution in [0, 0.1) is 0 Å². The topological polar surface area (TPSA) is 47.8 Å². The van der Waals surface area contributed by atoms with Crippen LogP contribution in [0.25, 0.3) is 27.3 Å². The first-order valence-electron chi connectivity index (χ1n) is 7.84. The van der Waals surface area contributed by atoms with E-state index in [9.17, 15) is 9.59 Å². The Labute approximate surface area is 137 Å². The van der Waals surface area contributed by atoms with E-state index in [2.05, 4.69) is 0 Å². The minimum absolute atomic E-state index is 0.105. The number of pyridine rings is 2. The molecule has 0 radical (unpaired) electrons. The zero-order valence-electron chi connectivity index (χ0n) is 13.2. The SMILES string of the molecule is CCOC(=O)c1cc2ccccc2n2c1cc(=O)c1ccccc12. The van der Waals surface area contributed by atoms with Crippen molar-refractivity contribution in [3.8, 4) is 0 Å². The lowest BCUT2D eigenvalue weighted by Crippen LogP contribution is -2.12. The number of hydrogen-bond acceptors (Lipinski definition) is 3. The molecule has 0 N–H and O–H groups in total. The van der Waals surface area contributed by atoms with E-state index in [1.807, 2.05) is 46.9 Å². The van der Waals surface area contributed by atoms with E-state index in [0.717, 1.165) is 16.4 Å². The van der Waals surface area contributed by atoms with Gasteiger partial charge in [-0.25, -0.2) is 4.79 Å². The number of benzene rings is 2. The van der Waals surface area contributed by atoms with Gasteiger partial charge in [-0.1, -0.05) is 30.3 Å². The Hall–Kier alpha value is -3.14. The number of rotatable bonds is 2. The van der Waals surface area contributed by atoms with Gasteiger partial charge in [-0.3, -0.25) is 4.79 Å². The van der Waals surface area contributed by atoms with E-state index in [0.29, 0.717) is 16.5 Å². The summed E-state index contributed by atoms with van der Waals surface area (Å²) in [5, 5.41) is 1.54. The molecule has 24 heavy (non-hydrogen) atoms. The van der Waals surface area contributed by atoms with Crippen LogP contribution < -0.4 is 5.43 Å². The summed E-state index contributed by atoms with van der Waals surface area (Å²) in [5.74, 6) is -0.421. The van der Waals surface area contributed by atoms with Crippen LogP contribution in [-0.2, 0) is 4.74 Å². The number of nitrogens with zero attached hydrogens (tertiary/aromatic N) is 1. The minimum atomic E-state index is -0.421. The summed E-state index contributed by atoms with van der Waals surface area (Å²) in [6.07, 6.45) is 0. The number of esters is 1. The van der Waals surface area contributed by atoms with E-state index >= 15 is 0 Å². The number of fused-ring (bicyclic) bond motifs is 5. The largest absolute Gasteiger partial charge is 0.462 e. The molecule has 4 rings (SSSR count). The van der Waals surface area contributed by atoms with Gasteiger partial charge in [0.25, 0.3) is 0 Å². The van der Waals surface area contributed by atoms with Crippen LogP contribution in [0.5, 0.6) is 0 Å². The predicted molar refractivity (Wildman–Crippen MR) is 94.6 cm³/mol. The summed E-state index contributed by atoms with van der Waals surface area (Å²) >= 11 is 0. The molecule has 118 valence electrons. The van der Waals surface area contributed by atoms with Crippen LogP contribution in [-0.4, -0.2) is 17.0 Å². The van der Waals surface area contributed by atoms with Crippen molar-refractivity contribution in [3.05, 3.63) is 76.5 Å². The molecule has 2 aromatic carbocycles. The fraction of sp³-hybridized carbons (Fsp3) is 0.100. The highest BCUT2D eigenvalue weighted by atomic mass is 16.5. The fourth-order valence-corrected chi connectivity index (χ4v) is 3.15. The first-order valence-corrected chi connectivity index (χ1v) is 7.84. The standard InChI is InChI=1S/C20H15NO3/c1-2-24-20(23)15-11-13-7-3-5-9-16(13)21-17-10-6-4-8-14(17)19(22)12-18(15)21/h3-12H,2H2,1H3. The third-order valence-electron chi connectivity index (χ3n) is 4.17. The summed E-state index contributed by atoms with van der Waals surface area (Å²) in [5.41, 5.74) is 2.58. The van der Waals surface area contributed by atoms with Gasteiger partial charge in [0.1, 0.15) is 0 Å². The van der Waals surface area contributed by atoms with Gasteiger partial charge in [-0.15, -0.1) is 0 Å². The molecule has 0 bridgehead atoms. The second-order valence-corrected chi connectivity index (χ2v) is 5.58. The zero-order chi connectivity index (χ0) is 16.7. The van der Waals surface area contributed by atoms with E-state index in [1.165, 1.54) is 6.07 Å². The van der Waals surface area contributed by atoms with Gasteiger partial charge in [-0.05, 0) is 36.6 Å². The smallest absolute Gasteiger partial charge is 0.340 e. The number of ether oxygens (including phenoxy) is 1. The zero-order valence-corrected chi connectivity index (χ0v) is 13.2. The Morgan fingerprint density at radius 1 is 0.958 bits per heavy atom. The summed E-state index contributed by atoms with van der Waals surface area (Å²) in [4.78, 5) is 24.9. The Kier molecular flexibility index (Phi) is 3.31.